The van der Waals surface area contributed by atoms with E-state index < -0.39 is 11.4 Å². The smallest absolute Gasteiger partial charge is 0.341 e. The van der Waals surface area contributed by atoms with E-state index in [-0.39, 0.29) is 10.9 Å². The topological polar surface area (TPSA) is 114 Å². The van der Waals surface area contributed by atoms with Gasteiger partial charge in [-0.25, -0.2) is 9.78 Å². The van der Waals surface area contributed by atoms with Crippen molar-refractivity contribution in [1.82, 2.24) is 14.5 Å². The van der Waals surface area contributed by atoms with Gasteiger partial charge in [0.15, 0.2) is 0 Å². The van der Waals surface area contributed by atoms with Crippen molar-refractivity contribution in [2.75, 3.05) is 10.6 Å². The summed E-state index contributed by atoms with van der Waals surface area (Å²) >= 11 is 6.56. The van der Waals surface area contributed by atoms with Gasteiger partial charge in [-0.05, 0) is 35.9 Å². The fraction of sp³-hybridized carbons (Fsp3) is 0.0909. The Bertz CT molecular complexity index is 1390. The van der Waals surface area contributed by atoms with Gasteiger partial charge in [0, 0.05) is 24.3 Å². The average Bonchev–Trinajstić information content (AvgIpc) is 3.18. The first-order valence-corrected chi connectivity index (χ1v) is 9.82. The Balaban J connectivity index is 1.74. The van der Waals surface area contributed by atoms with Gasteiger partial charge in [0.1, 0.15) is 11.4 Å². The van der Waals surface area contributed by atoms with Crippen LogP contribution in [-0.4, -0.2) is 25.6 Å². The maximum atomic E-state index is 12.9. The van der Waals surface area contributed by atoms with Crippen LogP contribution in [0.25, 0.3) is 16.6 Å². The fourth-order valence-electron chi connectivity index (χ4n) is 3.85. The predicted octanol–water partition coefficient (Wildman–Crippen LogP) is 3.23. The molecule has 154 valence electrons. The Kier molecular flexibility index (Phi) is 4.37. The molecule has 0 fully saturated rings. The summed E-state index contributed by atoms with van der Waals surface area (Å²) in [6.45, 7) is 1.22. The lowest BCUT2D eigenvalue weighted by atomic mass is 10.1. The summed E-state index contributed by atoms with van der Waals surface area (Å²) in [4.78, 5) is 35.1. The normalized spacial score (nSPS) is 12.9. The number of halogens is 1. The number of aromatic nitrogens is 3. The third-order valence-electron chi connectivity index (χ3n) is 5.38. The number of rotatable bonds is 3. The Morgan fingerprint density at radius 2 is 2.00 bits per heavy atom. The van der Waals surface area contributed by atoms with Gasteiger partial charge in [0.05, 0.1) is 40.3 Å². The van der Waals surface area contributed by atoms with Crippen LogP contribution in [0.1, 0.15) is 21.6 Å². The number of benzene rings is 1. The zero-order valence-corrected chi connectivity index (χ0v) is 16.9. The maximum absolute atomic E-state index is 12.9. The monoisotopic (exact) mass is 433 g/mol. The molecule has 4 heterocycles. The minimum absolute atomic E-state index is 0.209. The van der Waals surface area contributed by atoms with E-state index in [1.54, 1.807) is 29.0 Å². The molecule has 0 atom stereocenters. The van der Waals surface area contributed by atoms with Crippen LogP contribution in [-0.2, 0) is 13.1 Å². The van der Waals surface area contributed by atoms with Crippen LogP contribution in [0.5, 0.6) is 0 Å². The molecule has 9 heteroatoms. The molecule has 0 aliphatic carbocycles. The first-order valence-electron chi connectivity index (χ1n) is 9.44. The fourth-order valence-corrected chi connectivity index (χ4v) is 4.14. The van der Waals surface area contributed by atoms with E-state index in [0.717, 1.165) is 16.9 Å². The lowest BCUT2D eigenvalue weighted by Crippen LogP contribution is -2.20. The number of carbonyl (C=O) groups is 1. The molecule has 0 saturated heterocycles. The number of hydrogen-bond acceptors (Lipinski definition) is 6. The molecule has 3 N–H and O–H groups in total. The van der Waals surface area contributed by atoms with Crippen molar-refractivity contribution < 1.29 is 9.90 Å². The largest absolute Gasteiger partial charge is 0.477 e. The molecule has 4 aromatic rings. The van der Waals surface area contributed by atoms with E-state index in [0.29, 0.717) is 35.1 Å². The number of anilines is 2. The number of fused-ring (bicyclic) bond motifs is 2. The number of carboxylic acids is 1. The summed E-state index contributed by atoms with van der Waals surface area (Å²) in [5, 5.41) is 10.1. The molecule has 8 nitrogen and oxygen atoms in total. The molecule has 1 aromatic carbocycles. The lowest BCUT2D eigenvalue weighted by molar-refractivity contribution is 0.0695. The Hall–Kier alpha value is -3.91. The SMILES string of the molecule is Nc1ccc(-n2cc(C(=O)O)c(=O)c3cc(Cl)c(N4Cc5cccnc5C4)cc32)cn1. The molecule has 31 heavy (non-hydrogen) atoms. The predicted molar refractivity (Wildman–Crippen MR) is 118 cm³/mol. The maximum Gasteiger partial charge on any atom is 0.341 e. The lowest BCUT2D eigenvalue weighted by Gasteiger charge is -2.21. The van der Waals surface area contributed by atoms with Crippen LogP contribution < -0.4 is 16.1 Å². The Labute approximate surface area is 181 Å². The van der Waals surface area contributed by atoms with Crippen molar-refractivity contribution in [2.24, 2.45) is 0 Å². The minimum atomic E-state index is -1.31. The van der Waals surface area contributed by atoms with Crippen LogP contribution >= 0.6 is 11.6 Å². The number of pyridine rings is 3. The van der Waals surface area contributed by atoms with E-state index >= 15 is 0 Å². The molecule has 0 bridgehead atoms. The van der Waals surface area contributed by atoms with E-state index in [9.17, 15) is 14.7 Å². The number of nitrogens with zero attached hydrogens (tertiary/aromatic N) is 4. The van der Waals surface area contributed by atoms with Gasteiger partial charge in [-0.15, -0.1) is 0 Å². The first kappa shape index (κ1) is 19.1. The first-order chi connectivity index (χ1) is 14.9. The van der Waals surface area contributed by atoms with Crippen LogP contribution in [0.4, 0.5) is 11.5 Å². The van der Waals surface area contributed by atoms with Crippen LogP contribution in [0.3, 0.4) is 0 Å². The highest BCUT2D eigenvalue weighted by molar-refractivity contribution is 6.34. The Morgan fingerprint density at radius 3 is 2.71 bits per heavy atom. The quantitative estimate of drug-likeness (QED) is 0.509. The second kappa shape index (κ2) is 7.10. The molecule has 0 unspecified atom stereocenters. The van der Waals surface area contributed by atoms with Gasteiger partial charge in [0.25, 0.3) is 0 Å². The number of nitrogen functional groups attached to an aromatic ring is 1. The van der Waals surface area contributed by atoms with Gasteiger partial charge < -0.3 is 20.3 Å². The molecule has 1 aliphatic rings. The van der Waals surface area contributed by atoms with Gasteiger partial charge >= 0.3 is 5.97 Å². The standard InChI is InChI=1S/C22H16ClN5O3/c23-16-6-14-18(7-19(16)27-9-12-2-1-5-25-17(12)11-27)28(10-15(21(14)29)22(30)31)13-3-4-20(24)26-8-13/h1-8,10H,9,11H2,(H2,24,26)(H,30,31). The summed E-state index contributed by atoms with van der Waals surface area (Å²) in [5.41, 5.74) is 8.64. The van der Waals surface area contributed by atoms with E-state index in [1.165, 1.54) is 18.5 Å². The highest BCUT2D eigenvalue weighted by Crippen LogP contribution is 2.35. The molecule has 1 aliphatic heterocycles. The zero-order valence-electron chi connectivity index (χ0n) is 16.1. The average molecular weight is 434 g/mol. The van der Waals surface area contributed by atoms with E-state index in [2.05, 4.69) is 14.9 Å². The van der Waals surface area contributed by atoms with Crippen molar-refractivity contribution in [2.45, 2.75) is 13.1 Å². The van der Waals surface area contributed by atoms with Gasteiger partial charge in [0.2, 0.25) is 5.43 Å². The third-order valence-corrected chi connectivity index (χ3v) is 5.68. The Morgan fingerprint density at radius 1 is 1.16 bits per heavy atom. The minimum Gasteiger partial charge on any atom is -0.477 e. The van der Waals surface area contributed by atoms with E-state index in [4.69, 9.17) is 17.3 Å². The number of hydrogen-bond donors (Lipinski definition) is 2. The van der Waals surface area contributed by atoms with Crippen molar-refractivity contribution >= 4 is 40.0 Å². The summed E-state index contributed by atoms with van der Waals surface area (Å²) in [6.07, 6.45) is 4.58. The second-order valence-electron chi connectivity index (χ2n) is 7.27. The van der Waals surface area contributed by atoms with Crippen LogP contribution in [0.2, 0.25) is 5.02 Å². The highest BCUT2D eigenvalue weighted by Gasteiger charge is 2.24. The number of aromatic carboxylic acids is 1. The molecular formula is C22H16ClN5O3. The molecule has 0 radical (unpaired) electrons. The van der Waals surface area contributed by atoms with Crippen molar-refractivity contribution in [3.05, 3.63) is 87.1 Å². The number of nitrogens with two attached hydrogens (primary N) is 1. The van der Waals surface area contributed by atoms with Crippen LogP contribution in [0, 0.1) is 0 Å². The third kappa shape index (κ3) is 3.17. The molecule has 0 amide bonds. The molecule has 0 spiro atoms. The zero-order chi connectivity index (χ0) is 21.7. The summed E-state index contributed by atoms with van der Waals surface area (Å²) in [6, 6.07) is 10.6. The van der Waals surface area contributed by atoms with Gasteiger partial charge in [-0.1, -0.05) is 17.7 Å². The highest BCUT2D eigenvalue weighted by atomic mass is 35.5. The van der Waals surface area contributed by atoms with Crippen molar-refractivity contribution in [3.8, 4) is 5.69 Å². The summed E-state index contributed by atoms with van der Waals surface area (Å²) in [5.74, 6) is -0.982. The molecule has 5 rings (SSSR count). The van der Waals surface area contributed by atoms with Gasteiger partial charge in [-0.2, -0.15) is 0 Å². The van der Waals surface area contributed by atoms with E-state index in [1.807, 2.05) is 12.1 Å². The summed E-state index contributed by atoms with van der Waals surface area (Å²) in [7, 11) is 0. The molecule has 3 aromatic heterocycles. The van der Waals surface area contributed by atoms with Crippen molar-refractivity contribution in [1.29, 1.82) is 0 Å². The van der Waals surface area contributed by atoms with Crippen molar-refractivity contribution in [3.63, 3.8) is 0 Å². The molecular weight excluding hydrogens is 418 g/mol. The summed E-state index contributed by atoms with van der Waals surface area (Å²) < 4.78 is 1.62. The van der Waals surface area contributed by atoms with Gasteiger partial charge in [-0.3, -0.25) is 9.78 Å². The van der Waals surface area contributed by atoms with Crippen LogP contribution in [0.15, 0.2) is 59.8 Å². The second-order valence-corrected chi connectivity index (χ2v) is 7.68. The molecule has 0 saturated carbocycles. The number of carboxylic acid groups (broad SMARTS) is 1.